The quantitative estimate of drug-likeness (QED) is 0.308. The highest BCUT2D eigenvalue weighted by molar-refractivity contribution is 6.32. The van der Waals surface area contributed by atoms with Crippen molar-refractivity contribution in [2.24, 2.45) is 0 Å². The molecule has 0 aliphatic carbocycles. The molecule has 6 nitrogen and oxygen atoms in total. The molecule has 0 spiro atoms. The van der Waals surface area contributed by atoms with Crippen LogP contribution in [0.2, 0.25) is 5.02 Å². The number of alkyl halides is 3. The molecule has 3 aromatic rings. The van der Waals surface area contributed by atoms with Crippen LogP contribution in [0.3, 0.4) is 0 Å². The lowest BCUT2D eigenvalue weighted by Crippen LogP contribution is -2.26. The summed E-state index contributed by atoms with van der Waals surface area (Å²) in [5, 5.41) is 12.2. The van der Waals surface area contributed by atoms with E-state index in [2.05, 4.69) is 5.32 Å². The van der Waals surface area contributed by atoms with Gasteiger partial charge in [-0.3, -0.25) is 4.79 Å². The molecule has 0 unspecified atom stereocenters. The summed E-state index contributed by atoms with van der Waals surface area (Å²) >= 11 is 5.55. The van der Waals surface area contributed by atoms with Crippen molar-refractivity contribution in [2.75, 3.05) is 12.4 Å². The Kier molecular flexibility index (Phi) is 6.40. The van der Waals surface area contributed by atoms with Crippen molar-refractivity contribution in [3.63, 3.8) is 0 Å². The normalized spacial score (nSPS) is 11.2. The number of carbonyl (C=O) groups excluding carboxylic acids is 1. The summed E-state index contributed by atoms with van der Waals surface area (Å²) < 4.78 is 79.0. The van der Waals surface area contributed by atoms with Gasteiger partial charge < -0.3 is 20.0 Å². The molecule has 0 atom stereocenters. The van der Waals surface area contributed by atoms with Gasteiger partial charge in [0.1, 0.15) is 22.8 Å². The zero-order valence-corrected chi connectivity index (χ0v) is 16.7. The Morgan fingerprint density at radius 2 is 1.84 bits per heavy atom. The van der Waals surface area contributed by atoms with Crippen LogP contribution in [-0.4, -0.2) is 13.0 Å². The second kappa shape index (κ2) is 8.87. The monoisotopic (exact) mass is 474 g/mol. The molecular formula is C20H12ClF5N2O4. The Labute approximate surface area is 182 Å². The number of pyridine rings is 1. The standard InChI is InChI=1S/C20H12ClF5N2O4/c1-31-14-7-10(22)4-5-13(14)32-15-8-12(20(24,25)26)17(21)18(23)16(15)19(29)27-11-3-2-6-28(30)9-11/h2-9H,1H3,(H,27,29). The molecule has 0 radical (unpaired) electrons. The number of rotatable bonds is 5. The average molecular weight is 475 g/mol. The van der Waals surface area contributed by atoms with Gasteiger partial charge in [-0.05, 0) is 24.3 Å². The van der Waals surface area contributed by atoms with E-state index in [9.17, 15) is 32.0 Å². The minimum absolute atomic E-state index is 0.0757. The van der Waals surface area contributed by atoms with Gasteiger partial charge in [-0.25, -0.2) is 8.78 Å². The first-order chi connectivity index (χ1) is 15.0. The maximum absolute atomic E-state index is 14.9. The van der Waals surface area contributed by atoms with E-state index in [1.165, 1.54) is 12.1 Å². The lowest BCUT2D eigenvalue weighted by molar-refractivity contribution is -0.604. The third-order valence-electron chi connectivity index (χ3n) is 4.08. The summed E-state index contributed by atoms with van der Waals surface area (Å²) in [4.78, 5) is 12.7. The van der Waals surface area contributed by atoms with E-state index >= 15 is 0 Å². The smallest absolute Gasteiger partial charge is 0.418 e. The predicted octanol–water partition coefficient (Wildman–Crippen LogP) is 5.32. The van der Waals surface area contributed by atoms with Crippen molar-refractivity contribution >= 4 is 23.2 Å². The van der Waals surface area contributed by atoms with Crippen molar-refractivity contribution in [3.05, 3.63) is 81.8 Å². The molecule has 0 saturated carbocycles. The number of ether oxygens (including phenoxy) is 2. The highest BCUT2D eigenvalue weighted by Crippen LogP contribution is 2.43. The van der Waals surface area contributed by atoms with Crippen LogP contribution < -0.4 is 19.5 Å². The topological polar surface area (TPSA) is 74.5 Å². The van der Waals surface area contributed by atoms with Gasteiger partial charge in [-0.15, -0.1) is 0 Å². The summed E-state index contributed by atoms with van der Waals surface area (Å²) in [7, 11) is 1.15. The number of hydrogen-bond donors (Lipinski definition) is 1. The highest BCUT2D eigenvalue weighted by Gasteiger charge is 2.38. The maximum Gasteiger partial charge on any atom is 0.418 e. The van der Waals surface area contributed by atoms with Crippen LogP contribution in [0.25, 0.3) is 0 Å². The third-order valence-corrected chi connectivity index (χ3v) is 4.45. The molecule has 0 fully saturated rings. The number of hydrogen-bond acceptors (Lipinski definition) is 4. The van der Waals surface area contributed by atoms with Crippen LogP contribution in [0.1, 0.15) is 15.9 Å². The molecule has 0 saturated heterocycles. The van der Waals surface area contributed by atoms with Crippen molar-refractivity contribution in [1.82, 2.24) is 0 Å². The van der Waals surface area contributed by atoms with Crippen LogP contribution in [0.5, 0.6) is 17.2 Å². The first-order valence-corrected chi connectivity index (χ1v) is 8.99. The average Bonchev–Trinajstić information content (AvgIpc) is 2.70. The van der Waals surface area contributed by atoms with Crippen LogP contribution in [0.4, 0.5) is 27.6 Å². The Morgan fingerprint density at radius 1 is 1.12 bits per heavy atom. The number of anilines is 1. The van der Waals surface area contributed by atoms with Gasteiger partial charge in [-0.1, -0.05) is 11.6 Å². The van der Waals surface area contributed by atoms with Gasteiger partial charge >= 0.3 is 6.18 Å². The summed E-state index contributed by atoms with van der Waals surface area (Å²) in [5.41, 5.74) is -2.65. The van der Waals surface area contributed by atoms with E-state index in [1.807, 2.05) is 0 Å². The van der Waals surface area contributed by atoms with Crippen molar-refractivity contribution < 1.29 is 41.0 Å². The molecule has 0 aliphatic heterocycles. The second-order valence-electron chi connectivity index (χ2n) is 6.23. The lowest BCUT2D eigenvalue weighted by atomic mass is 10.1. The molecule has 0 aliphatic rings. The van der Waals surface area contributed by atoms with Gasteiger partial charge in [0, 0.05) is 12.1 Å². The van der Waals surface area contributed by atoms with Gasteiger partial charge in [0.15, 0.2) is 23.5 Å². The Balaban J connectivity index is 2.15. The Bertz CT molecular complexity index is 1190. The largest absolute Gasteiger partial charge is 0.619 e. The first-order valence-electron chi connectivity index (χ1n) is 8.62. The predicted molar refractivity (Wildman–Crippen MR) is 103 cm³/mol. The molecule has 1 aromatic heterocycles. The number of halogens is 6. The molecule has 0 bridgehead atoms. The molecule has 168 valence electrons. The fraction of sp³-hybridized carbons (Fsp3) is 0.100. The van der Waals surface area contributed by atoms with Crippen LogP contribution >= 0.6 is 11.6 Å². The van der Waals surface area contributed by atoms with Gasteiger partial charge in [-0.2, -0.15) is 17.9 Å². The lowest BCUT2D eigenvalue weighted by Gasteiger charge is -2.18. The van der Waals surface area contributed by atoms with Crippen LogP contribution in [0, 0.1) is 16.8 Å². The third kappa shape index (κ3) is 4.83. The molecule has 2 aromatic carbocycles. The van der Waals surface area contributed by atoms with Gasteiger partial charge in [0.05, 0.1) is 17.7 Å². The molecule has 32 heavy (non-hydrogen) atoms. The summed E-state index contributed by atoms with van der Waals surface area (Å²) in [6.45, 7) is 0. The second-order valence-corrected chi connectivity index (χ2v) is 6.60. The van der Waals surface area contributed by atoms with Crippen molar-refractivity contribution in [3.8, 4) is 17.2 Å². The summed E-state index contributed by atoms with van der Waals surface area (Å²) in [5.74, 6) is -5.08. The number of nitrogens with zero attached hydrogens (tertiary/aromatic N) is 1. The zero-order chi connectivity index (χ0) is 23.6. The summed E-state index contributed by atoms with van der Waals surface area (Å²) in [6.07, 6.45) is -3.03. The zero-order valence-electron chi connectivity index (χ0n) is 16.0. The molecule has 12 heteroatoms. The fourth-order valence-corrected chi connectivity index (χ4v) is 2.92. The minimum atomic E-state index is -5.08. The van der Waals surface area contributed by atoms with E-state index in [4.69, 9.17) is 21.1 Å². The van der Waals surface area contributed by atoms with Gasteiger partial charge in [0.25, 0.3) is 5.91 Å². The Hall–Kier alpha value is -3.60. The maximum atomic E-state index is 14.9. The number of carbonyl (C=O) groups is 1. The number of amides is 1. The summed E-state index contributed by atoms with van der Waals surface area (Å²) in [6, 6.07) is 5.72. The number of benzene rings is 2. The Morgan fingerprint density at radius 3 is 2.47 bits per heavy atom. The van der Waals surface area contributed by atoms with Crippen molar-refractivity contribution in [2.45, 2.75) is 6.18 Å². The SMILES string of the molecule is COc1cc(F)ccc1Oc1cc(C(F)(F)F)c(Cl)c(F)c1C(=O)Nc1ccc[n+]([O-])c1. The number of nitrogens with one attached hydrogen (secondary N) is 1. The molecule has 1 N–H and O–H groups in total. The van der Waals surface area contributed by atoms with Gasteiger partial charge in [0.2, 0.25) is 6.20 Å². The molecule has 1 heterocycles. The number of aromatic nitrogens is 1. The minimum Gasteiger partial charge on any atom is -0.619 e. The van der Waals surface area contributed by atoms with E-state index in [0.717, 1.165) is 37.7 Å². The van der Waals surface area contributed by atoms with Crippen molar-refractivity contribution in [1.29, 1.82) is 0 Å². The number of methoxy groups -OCH3 is 1. The fourth-order valence-electron chi connectivity index (χ4n) is 2.67. The van der Waals surface area contributed by atoms with E-state index < -0.39 is 45.6 Å². The first kappa shape index (κ1) is 23.1. The highest BCUT2D eigenvalue weighted by atomic mass is 35.5. The molecular weight excluding hydrogens is 463 g/mol. The molecule has 3 rings (SSSR count). The van der Waals surface area contributed by atoms with E-state index in [0.29, 0.717) is 10.8 Å². The van der Waals surface area contributed by atoms with Crippen LogP contribution in [0.15, 0.2) is 48.8 Å². The van der Waals surface area contributed by atoms with E-state index in [-0.39, 0.29) is 17.2 Å². The van der Waals surface area contributed by atoms with E-state index in [1.54, 1.807) is 0 Å². The molecule has 1 amide bonds. The van der Waals surface area contributed by atoms with Crippen LogP contribution in [-0.2, 0) is 6.18 Å².